The zero-order chi connectivity index (χ0) is 19.1. The minimum atomic E-state index is 0.255. The summed E-state index contributed by atoms with van der Waals surface area (Å²) in [6, 6.07) is 2.85. The molecule has 0 spiro atoms. The van der Waals surface area contributed by atoms with Gasteiger partial charge in [-0.25, -0.2) is 0 Å². The van der Waals surface area contributed by atoms with Crippen molar-refractivity contribution in [1.82, 2.24) is 15.0 Å². The third-order valence-electron chi connectivity index (χ3n) is 7.31. The van der Waals surface area contributed by atoms with E-state index in [2.05, 4.69) is 21.0 Å². The summed E-state index contributed by atoms with van der Waals surface area (Å²) < 4.78 is 10.3. The number of carbonyl (C=O) groups is 1. The molecule has 2 unspecified atom stereocenters. The first-order valence-electron chi connectivity index (χ1n) is 11.0. The molecule has 0 saturated carbocycles. The van der Waals surface area contributed by atoms with Gasteiger partial charge in [0.2, 0.25) is 5.91 Å². The molecule has 4 aliphatic rings. The molecule has 1 amide bonds. The Morgan fingerprint density at radius 3 is 3.11 bits per heavy atom. The molecule has 3 fully saturated rings. The summed E-state index contributed by atoms with van der Waals surface area (Å²) in [4.78, 5) is 18.1. The molecule has 28 heavy (non-hydrogen) atoms. The van der Waals surface area contributed by atoms with Gasteiger partial charge < -0.3 is 14.2 Å². The number of methoxy groups -OCH3 is 1. The highest BCUT2D eigenvalue weighted by molar-refractivity contribution is 5.77. The van der Waals surface area contributed by atoms with Crippen LogP contribution in [0.1, 0.15) is 50.7 Å². The van der Waals surface area contributed by atoms with Gasteiger partial charge in [0.15, 0.2) is 0 Å². The van der Waals surface area contributed by atoms with E-state index in [-0.39, 0.29) is 5.91 Å². The molecule has 2 bridgehead atoms. The predicted octanol–water partition coefficient (Wildman–Crippen LogP) is 3.04. The van der Waals surface area contributed by atoms with Crippen molar-refractivity contribution >= 4 is 5.91 Å². The molecule has 0 radical (unpaired) electrons. The Morgan fingerprint density at radius 1 is 1.32 bits per heavy atom. The first-order valence-corrected chi connectivity index (χ1v) is 11.0. The van der Waals surface area contributed by atoms with Crippen molar-refractivity contribution < 1.29 is 14.1 Å². The van der Waals surface area contributed by atoms with E-state index < -0.39 is 0 Å². The van der Waals surface area contributed by atoms with Gasteiger partial charge >= 0.3 is 0 Å². The van der Waals surface area contributed by atoms with Crippen molar-refractivity contribution in [3.05, 3.63) is 23.5 Å². The van der Waals surface area contributed by atoms with Gasteiger partial charge in [-0.15, -0.1) is 0 Å². The van der Waals surface area contributed by atoms with Gasteiger partial charge in [0, 0.05) is 38.0 Å². The summed E-state index contributed by atoms with van der Waals surface area (Å²) in [6.07, 6.45) is 11.2. The number of likely N-dealkylation sites (tertiary alicyclic amines) is 1. The number of rotatable bonds is 4. The quantitative estimate of drug-likeness (QED) is 0.746. The van der Waals surface area contributed by atoms with Crippen LogP contribution >= 0.6 is 0 Å². The highest BCUT2D eigenvalue weighted by atomic mass is 16.5. The van der Waals surface area contributed by atoms with E-state index in [4.69, 9.17) is 9.26 Å². The van der Waals surface area contributed by atoms with Crippen LogP contribution < -0.4 is 4.74 Å². The van der Waals surface area contributed by atoms with E-state index in [1.165, 1.54) is 45.2 Å². The van der Waals surface area contributed by atoms with Gasteiger partial charge in [0.25, 0.3) is 5.88 Å². The lowest BCUT2D eigenvalue weighted by atomic mass is 9.68. The molecule has 6 nitrogen and oxygen atoms in total. The van der Waals surface area contributed by atoms with Crippen LogP contribution in [0.2, 0.25) is 0 Å². The smallest absolute Gasteiger partial charge is 0.254 e. The second kappa shape index (κ2) is 7.54. The van der Waals surface area contributed by atoms with Crippen molar-refractivity contribution in [1.29, 1.82) is 0 Å². The minimum Gasteiger partial charge on any atom is -0.479 e. The standard InChI is InChI=1S/C22H31N3O3/c1-27-20-13-18(28-23-20)7-8-21(26)25-10-4-5-15-11-16-12-17(22(15)25)14-24-9-3-2-6-19(16)24/h11,13,16-17,19,22H,2-10,12,14H2,1H3/t16-,17-,19?,22?/m0/s1. The predicted molar refractivity (Wildman–Crippen MR) is 105 cm³/mol. The highest BCUT2D eigenvalue weighted by Crippen LogP contribution is 2.45. The summed E-state index contributed by atoms with van der Waals surface area (Å²) in [6.45, 7) is 3.31. The summed E-state index contributed by atoms with van der Waals surface area (Å²) in [5.41, 5.74) is 1.55. The number of fused-ring (bicyclic) bond motifs is 6. The summed E-state index contributed by atoms with van der Waals surface area (Å²) in [5, 5.41) is 3.83. The molecule has 1 aromatic heterocycles. The average Bonchev–Trinajstić information content (AvgIpc) is 3.20. The van der Waals surface area contributed by atoms with Crippen LogP contribution in [0.25, 0.3) is 0 Å². The molecule has 4 atom stereocenters. The number of aromatic nitrogens is 1. The molecule has 1 aromatic rings. The van der Waals surface area contributed by atoms with Crippen molar-refractivity contribution in [2.75, 3.05) is 26.7 Å². The third kappa shape index (κ3) is 3.25. The molecule has 6 heteroatoms. The zero-order valence-corrected chi connectivity index (χ0v) is 16.8. The molecule has 5 rings (SSSR count). The maximum atomic E-state index is 13.1. The van der Waals surface area contributed by atoms with Crippen LogP contribution in [0.3, 0.4) is 0 Å². The normalized spacial score (nSPS) is 32.3. The van der Waals surface area contributed by atoms with Crippen LogP contribution in [-0.4, -0.2) is 59.7 Å². The molecule has 4 heterocycles. The average molecular weight is 386 g/mol. The number of amides is 1. The maximum Gasteiger partial charge on any atom is 0.254 e. The van der Waals surface area contributed by atoms with E-state index in [1.54, 1.807) is 18.7 Å². The Balaban J connectivity index is 1.30. The largest absolute Gasteiger partial charge is 0.479 e. The Kier molecular flexibility index (Phi) is 4.91. The van der Waals surface area contributed by atoms with Crippen molar-refractivity contribution in [2.45, 2.75) is 63.5 Å². The van der Waals surface area contributed by atoms with E-state index in [1.807, 2.05) is 0 Å². The lowest BCUT2D eigenvalue weighted by Gasteiger charge is -2.54. The topological polar surface area (TPSA) is 58.8 Å². The SMILES string of the molecule is COc1cc(CCC(=O)N2CCCC3=C[C@H]4C[C@@H](CN5CCCCC45)C32)on1. The second-order valence-electron chi connectivity index (χ2n) is 8.93. The number of piperidine rings is 3. The number of aryl methyl sites for hydroxylation is 1. The third-order valence-corrected chi connectivity index (χ3v) is 7.31. The van der Waals surface area contributed by atoms with E-state index >= 15 is 0 Å². The Hall–Kier alpha value is -1.82. The van der Waals surface area contributed by atoms with Crippen LogP contribution in [-0.2, 0) is 11.2 Å². The van der Waals surface area contributed by atoms with Gasteiger partial charge in [-0.1, -0.05) is 18.1 Å². The minimum absolute atomic E-state index is 0.255. The van der Waals surface area contributed by atoms with Crippen LogP contribution in [0, 0.1) is 11.8 Å². The van der Waals surface area contributed by atoms with Crippen molar-refractivity contribution in [3.8, 4) is 5.88 Å². The van der Waals surface area contributed by atoms with E-state index in [0.29, 0.717) is 36.6 Å². The number of hydrogen-bond donors (Lipinski definition) is 0. The number of ether oxygens (including phenoxy) is 1. The summed E-state index contributed by atoms with van der Waals surface area (Å²) >= 11 is 0. The zero-order valence-electron chi connectivity index (χ0n) is 16.8. The lowest BCUT2D eigenvalue weighted by molar-refractivity contribution is -0.136. The molecule has 152 valence electrons. The molecule has 3 aliphatic heterocycles. The Labute approximate surface area is 166 Å². The summed E-state index contributed by atoms with van der Waals surface area (Å²) in [5.74, 6) is 2.76. The Morgan fingerprint density at radius 2 is 2.25 bits per heavy atom. The molecular formula is C22H31N3O3. The molecular weight excluding hydrogens is 354 g/mol. The lowest BCUT2D eigenvalue weighted by Crippen LogP contribution is -2.60. The Bertz CT molecular complexity index is 758. The van der Waals surface area contributed by atoms with Gasteiger partial charge in [0.05, 0.1) is 13.2 Å². The van der Waals surface area contributed by atoms with Crippen LogP contribution in [0.4, 0.5) is 0 Å². The monoisotopic (exact) mass is 385 g/mol. The molecule has 3 saturated heterocycles. The first-order chi connectivity index (χ1) is 13.7. The number of carbonyl (C=O) groups excluding carboxylic acids is 1. The van der Waals surface area contributed by atoms with Gasteiger partial charge in [-0.05, 0) is 55.6 Å². The van der Waals surface area contributed by atoms with Crippen LogP contribution in [0.5, 0.6) is 5.88 Å². The van der Waals surface area contributed by atoms with E-state index in [0.717, 1.165) is 24.8 Å². The fourth-order valence-corrected chi connectivity index (χ4v) is 6.13. The summed E-state index contributed by atoms with van der Waals surface area (Å²) in [7, 11) is 1.57. The van der Waals surface area contributed by atoms with Gasteiger partial charge in [-0.3, -0.25) is 9.69 Å². The van der Waals surface area contributed by atoms with E-state index in [9.17, 15) is 4.79 Å². The highest BCUT2D eigenvalue weighted by Gasteiger charge is 2.46. The van der Waals surface area contributed by atoms with Gasteiger partial charge in [0.1, 0.15) is 5.76 Å². The fraction of sp³-hybridized carbons (Fsp3) is 0.727. The van der Waals surface area contributed by atoms with Crippen LogP contribution in [0.15, 0.2) is 22.2 Å². The van der Waals surface area contributed by atoms with Crippen molar-refractivity contribution in [2.24, 2.45) is 11.8 Å². The second-order valence-corrected chi connectivity index (χ2v) is 8.93. The number of hydrogen-bond acceptors (Lipinski definition) is 5. The fourth-order valence-electron chi connectivity index (χ4n) is 6.13. The van der Waals surface area contributed by atoms with Gasteiger partial charge in [-0.2, -0.15) is 0 Å². The number of nitrogens with zero attached hydrogens (tertiary/aromatic N) is 3. The maximum absolute atomic E-state index is 13.1. The molecule has 0 aromatic carbocycles. The van der Waals surface area contributed by atoms with Crippen molar-refractivity contribution in [3.63, 3.8) is 0 Å². The first kappa shape index (κ1) is 18.2. The molecule has 1 aliphatic carbocycles. The molecule has 0 N–H and O–H groups in total.